The second kappa shape index (κ2) is 4.34. The second-order valence-corrected chi connectivity index (χ2v) is 5.15. The Labute approximate surface area is 116 Å². The smallest absolute Gasteiger partial charge is 0.151 e. The van der Waals surface area contributed by atoms with Crippen molar-refractivity contribution in [1.82, 2.24) is 9.55 Å². The van der Waals surface area contributed by atoms with E-state index in [-0.39, 0.29) is 5.82 Å². The Bertz CT molecular complexity index is 818. The molecule has 0 spiro atoms. The molecule has 0 aliphatic heterocycles. The van der Waals surface area contributed by atoms with Gasteiger partial charge < -0.3 is 10.3 Å². The van der Waals surface area contributed by atoms with Crippen LogP contribution in [0.5, 0.6) is 0 Å². The van der Waals surface area contributed by atoms with Crippen molar-refractivity contribution < 1.29 is 4.39 Å². The van der Waals surface area contributed by atoms with Crippen molar-refractivity contribution in [2.45, 2.75) is 13.8 Å². The van der Waals surface area contributed by atoms with Crippen LogP contribution in [0.4, 0.5) is 10.1 Å². The number of aromatic nitrogens is 2. The van der Waals surface area contributed by atoms with Crippen LogP contribution in [-0.4, -0.2) is 9.55 Å². The van der Waals surface area contributed by atoms with Gasteiger partial charge in [-0.2, -0.15) is 0 Å². The molecule has 4 heteroatoms. The minimum absolute atomic E-state index is 0.313. The number of rotatable bonds is 1. The highest BCUT2D eigenvalue weighted by Crippen LogP contribution is 2.31. The molecule has 0 aliphatic carbocycles. The largest absolute Gasteiger partial charge is 0.398 e. The van der Waals surface area contributed by atoms with Gasteiger partial charge in [0.25, 0.3) is 0 Å². The van der Waals surface area contributed by atoms with Gasteiger partial charge in [-0.15, -0.1) is 0 Å². The molecule has 102 valence electrons. The molecule has 0 saturated heterocycles. The number of halogens is 1. The maximum Gasteiger partial charge on any atom is 0.151 e. The van der Waals surface area contributed by atoms with E-state index >= 15 is 0 Å². The number of aryl methyl sites for hydroxylation is 3. The van der Waals surface area contributed by atoms with Gasteiger partial charge in [0.15, 0.2) is 5.82 Å². The number of nitrogens with zero attached hydrogens (tertiary/aromatic N) is 2. The summed E-state index contributed by atoms with van der Waals surface area (Å²) in [5.74, 6) is 0.377. The highest BCUT2D eigenvalue weighted by molar-refractivity contribution is 5.84. The van der Waals surface area contributed by atoms with Crippen LogP contribution in [0.25, 0.3) is 22.4 Å². The molecule has 0 aliphatic rings. The number of fused-ring (bicyclic) bond motifs is 1. The minimum atomic E-state index is -0.313. The first kappa shape index (κ1) is 12.7. The van der Waals surface area contributed by atoms with Gasteiger partial charge >= 0.3 is 0 Å². The highest BCUT2D eigenvalue weighted by Gasteiger charge is 2.15. The lowest BCUT2D eigenvalue weighted by molar-refractivity contribution is 0.637. The molecule has 0 unspecified atom stereocenters. The molecular weight excluding hydrogens is 253 g/mol. The lowest BCUT2D eigenvalue weighted by Crippen LogP contribution is -1.99. The first-order valence-corrected chi connectivity index (χ1v) is 6.47. The van der Waals surface area contributed by atoms with E-state index in [4.69, 9.17) is 5.73 Å². The van der Waals surface area contributed by atoms with Gasteiger partial charge in [0, 0.05) is 18.3 Å². The lowest BCUT2D eigenvalue weighted by atomic mass is 10.0. The van der Waals surface area contributed by atoms with Crippen LogP contribution in [-0.2, 0) is 7.05 Å². The first-order chi connectivity index (χ1) is 9.49. The average molecular weight is 269 g/mol. The van der Waals surface area contributed by atoms with Crippen LogP contribution in [0.15, 0.2) is 30.3 Å². The van der Waals surface area contributed by atoms with Crippen LogP contribution in [0.3, 0.4) is 0 Å². The first-order valence-electron chi connectivity index (χ1n) is 6.47. The molecule has 3 nitrogen and oxygen atoms in total. The summed E-state index contributed by atoms with van der Waals surface area (Å²) >= 11 is 0. The Morgan fingerprint density at radius 1 is 1.20 bits per heavy atom. The zero-order valence-electron chi connectivity index (χ0n) is 11.7. The van der Waals surface area contributed by atoms with E-state index in [2.05, 4.69) is 4.98 Å². The Kier molecular flexibility index (Phi) is 2.74. The van der Waals surface area contributed by atoms with Crippen LogP contribution in [0.2, 0.25) is 0 Å². The Morgan fingerprint density at radius 2 is 1.95 bits per heavy atom. The van der Waals surface area contributed by atoms with Crippen molar-refractivity contribution >= 4 is 16.7 Å². The molecule has 0 radical (unpaired) electrons. The fourth-order valence-electron chi connectivity index (χ4n) is 2.58. The van der Waals surface area contributed by atoms with E-state index in [1.54, 1.807) is 6.07 Å². The van der Waals surface area contributed by atoms with E-state index in [1.807, 2.05) is 43.7 Å². The number of anilines is 1. The quantitative estimate of drug-likeness (QED) is 0.686. The summed E-state index contributed by atoms with van der Waals surface area (Å²) in [6.07, 6.45) is 0. The number of nitrogens with two attached hydrogens (primary N) is 1. The highest BCUT2D eigenvalue weighted by atomic mass is 19.1. The predicted octanol–water partition coefficient (Wildman–Crippen LogP) is 3.58. The van der Waals surface area contributed by atoms with E-state index < -0.39 is 0 Å². The van der Waals surface area contributed by atoms with E-state index in [9.17, 15) is 4.39 Å². The molecule has 0 fully saturated rings. The van der Waals surface area contributed by atoms with E-state index in [0.717, 1.165) is 22.2 Å². The minimum Gasteiger partial charge on any atom is -0.398 e. The van der Waals surface area contributed by atoms with Crippen LogP contribution < -0.4 is 5.73 Å². The van der Waals surface area contributed by atoms with Crippen LogP contribution >= 0.6 is 0 Å². The monoisotopic (exact) mass is 269 g/mol. The third kappa shape index (κ3) is 1.76. The SMILES string of the molecule is Cc1cc(C)c(N)c(-c2nc3c(F)cccc3n2C)c1. The standard InChI is InChI=1S/C16H16FN3/c1-9-7-10(2)14(18)11(8-9)16-19-15-12(17)5-4-6-13(15)20(16)3/h4-8H,18H2,1-3H3. The zero-order valence-corrected chi connectivity index (χ0v) is 11.7. The molecule has 1 aromatic heterocycles. The Hall–Kier alpha value is -2.36. The molecule has 0 bridgehead atoms. The molecular formula is C16H16FN3. The number of hydrogen-bond donors (Lipinski definition) is 1. The molecule has 0 saturated carbocycles. The van der Waals surface area contributed by atoms with Crippen LogP contribution in [0, 0.1) is 19.7 Å². The van der Waals surface area contributed by atoms with Gasteiger partial charge in [0.2, 0.25) is 0 Å². The second-order valence-electron chi connectivity index (χ2n) is 5.15. The van der Waals surface area contributed by atoms with Crippen molar-refractivity contribution in [3.8, 4) is 11.4 Å². The fourth-order valence-corrected chi connectivity index (χ4v) is 2.58. The zero-order chi connectivity index (χ0) is 14.4. The van der Waals surface area contributed by atoms with Gasteiger partial charge in [0.05, 0.1) is 5.52 Å². The van der Waals surface area contributed by atoms with Crippen LogP contribution in [0.1, 0.15) is 11.1 Å². The Morgan fingerprint density at radius 3 is 2.65 bits per heavy atom. The molecule has 0 atom stereocenters. The number of para-hydroxylation sites is 1. The third-order valence-corrected chi connectivity index (χ3v) is 3.63. The van der Waals surface area contributed by atoms with Crippen molar-refractivity contribution in [2.75, 3.05) is 5.73 Å². The molecule has 1 heterocycles. The number of imidazole rings is 1. The molecule has 3 rings (SSSR count). The van der Waals surface area contributed by atoms with E-state index in [0.29, 0.717) is 17.0 Å². The summed E-state index contributed by atoms with van der Waals surface area (Å²) in [5, 5.41) is 0. The lowest BCUT2D eigenvalue weighted by Gasteiger charge is -2.10. The summed E-state index contributed by atoms with van der Waals surface area (Å²) in [4.78, 5) is 4.43. The molecule has 2 N–H and O–H groups in total. The van der Waals surface area contributed by atoms with Gasteiger partial charge in [0.1, 0.15) is 11.3 Å². The normalized spacial score (nSPS) is 11.2. The van der Waals surface area contributed by atoms with Gasteiger partial charge in [-0.1, -0.05) is 12.1 Å². The van der Waals surface area contributed by atoms with Crippen molar-refractivity contribution in [1.29, 1.82) is 0 Å². The number of nitrogen functional groups attached to an aromatic ring is 1. The summed E-state index contributed by atoms with van der Waals surface area (Å²) in [5.41, 5.74) is 11.0. The Balaban J connectivity index is 2.36. The van der Waals surface area contributed by atoms with Crippen molar-refractivity contribution in [3.05, 3.63) is 47.3 Å². The third-order valence-electron chi connectivity index (χ3n) is 3.63. The topological polar surface area (TPSA) is 43.8 Å². The fraction of sp³-hybridized carbons (Fsp3) is 0.188. The number of hydrogen-bond acceptors (Lipinski definition) is 2. The maximum atomic E-state index is 13.8. The van der Waals surface area contributed by atoms with Gasteiger partial charge in [-0.25, -0.2) is 9.37 Å². The summed E-state index contributed by atoms with van der Waals surface area (Å²) in [6.45, 7) is 3.98. The summed E-state index contributed by atoms with van der Waals surface area (Å²) < 4.78 is 15.7. The van der Waals surface area contributed by atoms with Crippen molar-refractivity contribution in [2.24, 2.45) is 7.05 Å². The predicted molar refractivity (Wildman–Crippen MR) is 80.0 cm³/mol. The maximum absolute atomic E-state index is 13.8. The van der Waals surface area contributed by atoms with Crippen molar-refractivity contribution in [3.63, 3.8) is 0 Å². The van der Waals surface area contributed by atoms with E-state index in [1.165, 1.54) is 6.07 Å². The molecule has 20 heavy (non-hydrogen) atoms. The molecule has 0 amide bonds. The molecule has 2 aromatic carbocycles. The summed E-state index contributed by atoms with van der Waals surface area (Å²) in [6, 6.07) is 8.98. The molecule has 3 aromatic rings. The van der Waals surface area contributed by atoms with Gasteiger partial charge in [-0.3, -0.25) is 0 Å². The summed E-state index contributed by atoms with van der Waals surface area (Å²) in [7, 11) is 1.88. The number of benzene rings is 2. The average Bonchev–Trinajstić information content (AvgIpc) is 2.73. The van der Waals surface area contributed by atoms with Gasteiger partial charge in [-0.05, 0) is 43.2 Å².